The maximum atomic E-state index is 4.82. The van der Waals surface area contributed by atoms with Gasteiger partial charge in [-0.25, -0.2) is 9.67 Å². The van der Waals surface area contributed by atoms with Crippen molar-refractivity contribution in [2.75, 3.05) is 31.1 Å². The lowest BCUT2D eigenvalue weighted by atomic mass is 9.96. The fraction of sp³-hybridized carbons (Fsp3) is 0.269. The van der Waals surface area contributed by atoms with E-state index in [0.29, 0.717) is 5.95 Å². The highest BCUT2D eigenvalue weighted by Crippen LogP contribution is 2.30. The second-order valence-electron chi connectivity index (χ2n) is 8.30. The zero-order valence-electron chi connectivity index (χ0n) is 18.6. The van der Waals surface area contributed by atoms with Gasteiger partial charge in [0, 0.05) is 38.1 Å². The van der Waals surface area contributed by atoms with E-state index in [1.54, 1.807) is 0 Å². The first kappa shape index (κ1) is 20.4. The van der Waals surface area contributed by atoms with E-state index in [2.05, 4.69) is 80.5 Å². The third-order valence-electron chi connectivity index (χ3n) is 6.06. The fourth-order valence-corrected chi connectivity index (χ4v) is 4.54. The molecule has 1 aliphatic heterocycles. The van der Waals surface area contributed by atoms with Crippen LogP contribution in [0.1, 0.15) is 28.6 Å². The molecule has 6 nitrogen and oxygen atoms in total. The molecule has 0 aliphatic carbocycles. The van der Waals surface area contributed by atoms with Crippen LogP contribution in [0.3, 0.4) is 0 Å². The Balaban J connectivity index is 1.35. The molecule has 1 aliphatic rings. The summed E-state index contributed by atoms with van der Waals surface area (Å²) in [4.78, 5) is 14.2. The minimum absolute atomic E-state index is 0.259. The Hall–Kier alpha value is -3.51. The molecular formula is C26H28N6. The van der Waals surface area contributed by atoms with E-state index in [0.717, 1.165) is 43.4 Å². The molecule has 2 aromatic carbocycles. The molecule has 4 aromatic rings. The molecule has 0 N–H and O–H groups in total. The number of nitrogens with zero attached hydrogens (tertiary/aromatic N) is 6. The third-order valence-corrected chi connectivity index (χ3v) is 6.06. The summed E-state index contributed by atoms with van der Waals surface area (Å²) in [6.45, 7) is 7.79. The highest BCUT2D eigenvalue weighted by Gasteiger charge is 2.27. The van der Waals surface area contributed by atoms with Crippen LogP contribution in [0.4, 0.5) is 5.82 Å². The van der Waals surface area contributed by atoms with Crippen LogP contribution in [-0.4, -0.2) is 50.8 Å². The van der Waals surface area contributed by atoms with Crippen molar-refractivity contribution in [1.29, 1.82) is 0 Å². The summed E-state index contributed by atoms with van der Waals surface area (Å²) in [5, 5.41) is 4.53. The zero-order chi connectivity index (χ0) is 21.9. The Morgan fingerprint density at radius 1 is 0.781 bits per heavy atom. The molecule has 0 bridgehead atoms. The average Bonchev–Trinajstić information content (AvgIpc) is 3.19. The van der Waals surface area contributed by atoms with Crippen LogP contribution < -0.4 is 4.90 Å². The zero-order valence-corrected chi connectivity index (χ0v) is 18.6. The minimum atomic E-state index is 0.259. The van der Waals surface area contributed by atoms with Gasteiger partial charge in [-0.15, -0.1) is 0 Å². The van der Waals surface area contributed by atoms with E-state index >= 15 is 0 Å². The van der Waals surface area contributed by atoms with Gasteiger partial charge in [-0.2, -0.15) is 10.1 Å². The quantitative estimate of drug-likeness (QED) is 0.481. The third kappa shape index (κ3) is 4.14. The SMILES string of the molecule is Cc1cc(C)n(-c2nccc(N3CCN(C(c4ccccc4)c4ccccc4)CC3)n2)n1. The largest absolute Gasteiger partial charge is 0.354 e. The lowest BCUT2D eigenvalue weighted by Gasteiger charge is -2.40. The van der Waals surface area contributed by atoms with Gasteiger partial charge in [-0.3, -0.25) is 4.90 Å². The summed E-state index contributed by atoms with van der Waals surface area (Å²) < 4.78 is 1.82. The molecule has 1 fully saturated rings. The summed E-state index contributed by atoms with van der Waals surface area (Å²) in [7, 11) is 0. The fourth-order valence-electron chi connectivity index (χ4n) is 4.54. The van der Waals surface area contributed by atoms with Gasteiger partial charge in [0.15, 0.2) is 0 Å². The molecule has 1 saturated heterocycles. The summed E-state index contributed by atoms with van der Waals surface area (Å²) in [5.41, 5.74) is 4.68. The maximum absolute atomic E-state index is 4.82. The Bertz CT molecular complexity index is 1120. The summed E-state index contributed by atoms with van der Waals surface area (Å²) in [6, 6.07) is 25.9. The predicted molar refractivity (Wildman–Crippen MR) is 127 cm³/mol. The number of rotatable bonds is 5. The van der Waals surface area contributed by atoms with Crippen molar-refractivity contribution in [1.82, 2.24) is 24.6 Å². The molecule has 32 heavy (non-hydrogen) atoms. The van der Waals surface area contributed by atoms with Crippen molar-refractivity contribution >= 4 is 5.82 Å². The highest BCUT2D eigenvalue weighted by atomic mass is 15.4. The van der Waals surface area contributed by atoms with Crippen LogP contribution in [0.2, 0.25) is 0 Å². The van der Waals surface area contributed by atoms with Crippen molar-refractivity contribution in [3.05, 3.63) is 102 Å². The highest BCUT2D eigenvalue weighted by molar-refractivity contribution is 5.41. The lowest BCUT2D eigenvalue weighted by molar-refractivity contribution is 0.212. The van der Waals surface area contributed by atoms with Crippen LogP contribution >= 0.6 is 0 Å². The smallest absolute Gasteiger partial charge is 0.252 e. The van der Waals surface area contributed by atoms with E-state index in [9.17, 15) is 0 Å². The molecule has 0 spiro atoms. The number of benzene rings is 2. The number of hydrogen-bond donors (Lipinski definition) is 0. The number of aryl methyl sites for hydroxylation is 2. The van der Waals surface area contributed by atoms with Crippen LogP contribution in [0.25, 0.3) is 5.95 Å². The Kier molecular flexibility index (Phi) is 5.69. The van der Waals surface area contributed by atoms with Gasteiger partial charge in [-0.1, -0.05) is 60.7 Å². The average molecular weight is 425 g/mol. The van der Waals surface area contributed by atoms with Crippen LogP contribution in [0.15, 0.2) is 79.0 Å². The van der Waals surface area contributed by atoms with Crippen LogP contribution in [-0.2, 0) is 0 Å². The number of aromatic nitrogens is 4. The first-order valence-corrected chi connectivity index (χ1v) is 11.1. The monoisotopic (exact) mass is 424 g/mol. The first-order valence-electron chi connectivity index (χ1n) is 11.1. The van der Waals surface area contributed by atoms with Gasteiger partial charge in [0.2, 0.25) is 0 Å². The van der Waals surface area contributed by atoms with E-state index in [4.69, 9.17) is 4.98 Å². The molecule has 0 radical (unpaired) electrons. The van der Waals surface area contributed by atoms with Gasteiger partial charge >= 0.3 is 0 Å². The number of piperazine rings is 1. The molecule has 0 unspecified atom stereocenters. The van der Waals surface area contributed by atoms with Crippen molar-refractivity contribution < 1.29 is 0 Å². The first-order chi connectivity index (χ1) is 15.7. The van der Waals surface area contributed by atoms with E-state index in [-0.39, 0.29) is 6.04 Å². The topological polar surface area (TPSA) is 50.1 Å². The molecule has 0 saturated carbocycles. The predicted octanol–water partition coefficient (Wildman–Crippen LogP) is 4.19. The summed E-state index contributed by atoms with van der Waals surface area (Å²) in [6.07, 6.45) is 1.83. The molecule has 2 aromatic heterocycles. The van der Waals surface area contributed by atoms with Gasteiger partial charge in [0.25, 0.3) is 5.95 Å². The number of anilines is 1. The Labute approximate surface area is 189 Å². The second kappa shape index (κ2) is 8.93. The molecule has 162 valence electrons. The summed E-state index contributed by atoms with van der Waals surface area (Å²) in [5.74, 6) is 1.58. The molecule has 6 heteroatoms. The van der Waals surface area contributed by atoms with E-state index < -0.39 is 0 Å². The van der Waals surface area contributed by atoms with Crippen LogP contribution in [0.5, 0.6) is 0 Å². The van der Waals surface area contributed by atoms with Gasteiger partial charge < -0.3 is 4.90 Å². The van der Waals surface area contributed by atoms with E-state index in [1.165, 1.54) is 11.1 Å². The summed E-state index contributed by atoms with van der Waals surface area (Å²) >= 11 is 0. The molecule has 3 heterocycles. The standard InChI is InChI=1S/C26H28N6/c1-20-19-21(2)32(29-20)26-27-14-13-24(28-26)30-15-17-31(18-16-30)25(22-9-5-3-6-10-22)23-11-7-4-8-12-23/h3-14,19,25H,15-18H2,1-2H3. The maximum Gasteiger partial charge on any atom is 0.252 e. The second-order valence-corrected chi connectivity index (χ2v) is 8.30. The normalized spacial score (nSPS) is 14.8. The Morgan fingerprint density at radius 3 is 1.97 bits per heavy atom. The minimum Gasteiger partial charge on any atom is -0.354 e. The molecule has 0 atom stereocenters. The number of hydrogen-bond acceptors (Lipinski definition) is 5. The molecular weight excluding hydrogens is 396 g/mol. The van der Waals surface area contributed by atoms with Gasteiger partial charge in [0.05, 0.1) is 11.7 Å². The van der Waals surface area contributed by atoms with Gasteiger partial charge in [-0.05, 0) is 37.1 Å². The van der Waals surface area contributed by atoms with Crippen molar-refractivity contribution in [3.63, 3.8) is 0 Å². The van der Waals surface area contributed by atoms with Gasteiger partial charge in [0.1, 0.15) is 5.82 Å². The van der Waals surface area contributed by atoms with Crippen molar-refractivity contribution in [2.45, 2.75) is 19.9 Å². The Morgan fingerprint density at radius 2 is 1.41 bits per heavy atom. The lowest BCUT2D eigenvalue weighted by Crippen LogP contribution is -2.48. The molecule has 5 rings (SSSR count). The molecule has 0 amide bonds. The van der Waals surface area contributed by atoms with Crippen LogP contribution in [0, 0.1) is 13.8 Å². The van der Waals surface area contributed by atoms with Crippen molar-refractivity contribution in [2.24, 2.45) is 0 Å². The van der Waals surface area contributed by atoms with Crippen molar-refractivity contribution in [3.8, 4) is 5.95 Å². The van der Waals surface area contributed by atoms with E-state index in [1.807, 2.05) is 36.9 Å².